The lowest BCUT2D eigenvalue weighted by Crippen LogP contribution is -2.50. The average molecular weight is 302 g/mol. The van der Waals surface area contributed by atoms with Crippen molar-refractivity contribution in [2.24, 2.45) is 22.7 Å². The van der Waals surface area contributed by atoms with Crippen molar-refractivity contribution < 1.29 is 9.90 Å². The maximum absolute atomic E-state index is 11.9. The first-order chi connectivity index (χ1) is 10.3. The minimum absolute atomic E-state index is 0.117. The van der Waals surface area contributed by atoms with E-state index in [1.165, 1.54) is 12.8 Å². The van der Waals surface area contributed by atoms with E-state index in [1.807, 2.05) is 6.92 Å². The fourth-order valence-corrected chi connectivity index (χ4v) is 5.70. The Labute approximate surface area is 134 Å². The average Bonchev–Trinajstić information content (AvgIpc) is 2.82. The van der Waals surface area contributed by atoms with Gasteiger partial charge in [0.25, 0.3) is 0 Å². The van der Waals surface area contributed by atoms with Crippen LogP contribution in [0.4, 0.5) is 0 Å². The van der Waals surface area contributed by atoms with E-state index in [0.717, 1.165) is 32.1 Å². The summed E-state index contributed by atoms with van der Waals surface area (Å²) < 4.78 is 0. The van der Waals surface area contributed by atoms with Gasteiger partial charge in [0.05, 0.1) is 5.41 Å². The lowest BCUT2D eigenvalue weighted by atomic mass is 9.50. The molecule has 1 fully saturated rings. The molecule has 3 aliphatic carbocycles. The second-order valence-electron chi connectivity index (χ2n) is 8.48. The van der Waals surface area contributed by atoms with Gasteiger partial charge in [-0.2, -0.15) is 0 Å². The van der Waals surface area contributed by atoms with E-state index in [1.54, 1.807) is 16.7 Å². The first kappa shape index (κ1) is 15.8. The molecule has 2 nitrogen and oxygen atoms in total. The molecule has 3 rings (SSSR count). The molecule has 0 bridgehead atoms. The molecule has 3 atom stereocenters. The number of hydrogen-bond donors (Lipinski definition) is 1. The maximum atomic E-state index is 11.9. The number of aliphatic carboxylic acids is 1. The Morgan fingerprint density at radius 2 is 1.95 bits per heavy atom. The first-order valence-electron chi connectivity index (χ1n) is 8.96. The van der Waals surface area contributed by atoms with Gasteiger partial charge in [0.2, 0.25) is 0 Å². The van der Waals surface area contributed by atoms with Crippen molar-refractivity contribution in [1.82, 2.24) is 0 Å². The highest BCUT2D eigenvalue weighted by molar-refractivity contribution is 5.75. The van der Waals surface area contributed by atoms with E-state index in [-0.39, 0.29) is 5.41 Å². The molecule has 2 heteroatoms. The van der Waals surface area contributed by atoms with E-state index in [0.29, 0.717) is 11.8 Å². The molecule has 0 amide bonds. The maximum Gasteiger partial charge on any atom is 0.309 e. The highest BCUT2D eigenvalue weighted by atomic mass is 16.4. The summed E-state index contributed by atoms with van der Waals surface area (Å²) in [5, 5.41) is 9.83. The van der Waals surface area contributed by atoms with Crippen LogP contribution in [0.2, 0.25) is 0 Å². The van der Waals surface area contributed by atoms with Crippen molar-refractivity contribution in [3.05, 3.63) is 22.8 Å². The molecule has 1 saturated carbocycles. The Balaban J connectivity index is 2.03. The highest BCUT2D eigenvalue weighted by Gasteiger charge is 2.56. The minimum Gasteiger partial charge on any atom is -0.481 e. The Hall–Kier alpha value is -1.05. The molecule has 22 heavy (non-hydrogen) atoms. The summed E-state index contributed by atoms with van der Waals surface area (Å²) in [6.45, 7) is 8.87. The van der Waals surface area contributed by atoms with Crippen LogP contribution in [0.1, 0.15) is 72.6 Å². The zero-order valence-electron chi connectivity index (χ0n) is 14.5. The van der Waals surface area contributed by atoms with E-state index in [2.05, 4.69) is 26.8 Å². The van der Waals surface area contributed by atoms with Gasteiger partial charge in [-0.15, -0.1) is 0 Å². The first-order valence-corrected chi connectivity index (χ1v) is 8.96. The predicted octanol–water partition coefficient (Wildman–Crippen LogP) is 5.35. The van der Waals surface area contributed by atoms with Gasteiger partial charge in [0.15, 0.2) is 0 Å². The van der Waals surface area contributed by atoms with Crippen molar-refractivity contribution in [2.75, 3.05) is 0 Å². The second kappa shape index (κ2) is 5.25. The molecule has 0 saturated heterocycles. The summed E-state index contributed by atoms with van der Waals surface area (Å²) in [5.74, 6) is 0.329. The quantitative estimate of drug-likeness (QED) is 0.746. The molecule has 0 unspecified atom stereocenters. The van der Waals surface area contributed by atoms with Crippen LogP contribution in [0.15, 0.2) is 22.8 Å². The molecular weight excluding hydrogens is 272 g/mol. The molecule has 0 radical (unpaired) electrons. The topological polar surface area (TPSA) is 37.3 Å². The lowest BCUT2D eigenvalue weighted by molar-refractivity contribution is -0.159. The van der Waals surface area contributed by atoms with Gasteiger partial charge in [0, 0.05) is 0 Å². The van der Waals surface area contributed by atoms with Crippen LogP contribution in [0, 0.1) is 22.7 Å². The van der Waals surface area contributed by atoms with Gasteiger partial charge >= 0.3 is 5.97 Å². The van der Waals surface area contributed by atoms with Crippen LogP contribution in [0.3, 0.4) is 0 Å². The number of fused-ring (bicyclic) bond motifs is 2. The van der Waals surface area contributed by atoms with E-state index in [9.17, 15) is 9.90 Å². The molecule has 0 aliphatic heterocycles. The normalized spacial score (nSPS) is 40.0. The van der Waals surface area contributed by atoms with Gasteiger partial charge in [-0.25, -0.2) is 0 Å². The van der Waals surface area contributed by atoms with Gasteiger partial charge in [-0.3, -0.25) is 4.79 Å². The Bertz CT molecular complexity index is 554. The molecule has 3 aliphatic rings. The zero-order chi connectivity index (χ0) is 16.1. The molecule has 0 aromatic rings. The van der Waals surface area contributed by atoms with Gasteiger partial charge in [-0.05, 0) is 73.8 Å². The third-order valence-electron chi connectivity index (χ3n) is 6.72. The van der Waals surface area contributed by atoms with Crippen LogP contribution in [-0.2, 0) is 4.79 Å². The minimum atomic E-state index is -0.580. The summed E-state index contributed by atoms with van der Waals surface area (Å²) in [6, 6.07) is 0. The van der Waals surface area contributed by atoms with Gasteiger partial charge < -0.3 is 5.11 Å². The number of hydrogen-bond acceptors (Lipinski definition) is 1. The van der Waals surface area contributed by atoms with E-state index < -0.39 is 11.4 Å². The van der Waals surface area contributed by atoms with Crippen molar-refractivity contribution in [3.8, 4) is 0 Å². The van der Waals surface area contributed by atoms with E-state index in [4.69, 9.17) is 0 Å². The molecule has 0 heterocycles. The number of carbonyl (C=O) groups is 1. The molecule has 1 N–H and O–H groups in total. The largest absolute Gasteiger partial charge is 0.481 e. The Kier molecular flexibility index (Phi) is 3.78. The van der Waals surface area contributed by atoms with Crippen molar-refractivity contribution in [1.29, 1.82) is 0 Å². The Morgan fingerprint density at radius 3 is 2.59 bits per heavy atom. The second-order valence-corrected chi connectivity index (χ2v) is 8.48. The summed E-state index contributed by atoms with van der Waals surface area (Å²) in [7, 11) is 0. The molecular formula is C20H30O2. The van der Waals surface area contributed by atoms with Crippen LogP contribution in [0.5, 0.6) is 0 Å². The number of rotatable bonds is 2. The Morgan fingerprint density at radius 1 is 1.23 bits per heavy atom. The van der Waals surface area contributed by atoms with Crippen LogP contribution in [0.25, 0.3) is 0 Å². The molecule has 0 spiro atoms. The zero-order valence-corrected chi connectivity index (χ0v) is 14.5. The lowest BCUT2D eigenvalue weighted by Gasteiger charge is -2.53. The number of carboxylic acid groups (broad SMARTS) is 1. The van der Waals surface area contributed by atoms with E-state index >= 15 is 0 Å². The fraction of sp³-hybridized carbons (Fsp3) is 0.750. The van der Waals surface area contributed by atoms with Gasteiger partial charge in [-0.1, -0.05) is 38.8 Å². The van der Waals surface area contributed by atoms with Crippen LogP contribution in [-0.4, -0.2) is 11.1 Å². The standard InChI is InChI=1S/C20H30O2/c1-13(2)12-14-6-8-16-15(14)7-9-17-19(16,3)10-5-11-20(17,4)18(21)22/h12-13,17H,5-11H2,1-4H3,(H,21,22)/b14-12+/t17-,19-,20-/m1/s1. The van der Waals surface area contributed by atoms with Gasteiger partial charge in [0.1, 0.15) is 0 Å². The highest BCUT2D eigenvalue weighted by Crippen LogP contribution is 2.63. The van der Waals surface area contributed by atoms with Crippen molar-refractivity contribution >= 4 is 5.97 Å². The smallest absolute Gasteiger partial charge is 0.309 e. The fourth-order valence-electron chi connectivity index (χ4n) is 5.70. The summed E-state index contributed by atoms with van der Waals surface area (Å²) in [5.41, 5.74) is 4.36. The molecule has 122 valence electrons. The SMILES string of the molecule is CC(C)/C=C1\CCC2=C1CC[C@H]1[C@](C)(C(=O)O)CCC[C@]21C. The summed E-state index contributed by atoms with van der Waals surface area (Å²) in [6.07, 6.45) is 9.99. The predicted molar refractivity (Wildman–Crippen MR) is 89.6 cm³/mol. The number of carboxylic acids is 1. The number of allylic oxidation sites excluding steroid dienone is 4. The third kappa shape index (κ3) is 2.18. The third-order valence-corrected chi connectivity index (χ3v) is 6.72. The van der Waals surface area contributed by atoms with Crippen LogP contribution >= 0.6 is 0 Å². The summed E-state index contributed by atoms with van der Waals surface area (Å²) >= 11 is 0. The van der Waals surface area contributed by atoms with Crippen molar-refractivity contribution in [3.63, 3.8) is 0 Å². The molecule has 0 aromatic heterocycles. The monoisotopic (exact) mass is 302 g/mol. The summed E-state index contributed by atoms with van der Waals surface area (Å²) in [4.78, 5) is 11.9. The molecule has 0 aromatic carbocycles. The van der Waals surface area contributed by atoms with Crippen molar-refractivity contribution in [2.45, 2.75) is 72.6 Å². The van der Waals surface area contributed by atoms with Crippen LogP contribution < -0.4 is 0 Å².